The lowest BCUT2D eigenvalue weighted by molar-refractivity contribution is -0.384. The molecule has 7 nitrogen and oxygen atoms in total. The predicted molar refractivity (Wildman–Crippen MR) is 85.3 cm³/mol. The Hall–Kier alpha value is -1.86. The van der Waals surface area contributed by atoms with Gasteiger partial charge < -0.3 is 20.4 Å². The number of hydrogen-bond acceptors (Lipinski definition) is 6. The first-order valence-electron chi connectivity index (χ1n) is 7.57. The van der Waals surface area contributed by atoms with Gasteiger partial charge in [0, 0.05) is 31.4 Å². The molecule has 0 aliphatic carbocycles. The van der Waals surface area contributed by atoms with Crippen LogP contribution >= 0.6 is 0 Å². The van der Waals surface area contributed by atoms with Crippen molar-refractivity contribution in [1.82, 2.24) is 0 Å². The highest BCUT2D eigenvalue weighted by Crippen LogP contribution is 2.33. The zero-order valence-corrected chi connectivity index (χ0v) is 12.7. The number of nitrogens with zero attached hydrogens (tertiary/aromatic N) is 2. The second-order valence-corrected chi connectivity index (χ2v) is 5.85. The van der Waals surface area contributed by atoms with E-state index in [1.54, 1.807) is 12.1 Å². The fourth-order valence-corrected chi connectivity index (χ4v) is 2.60. The minimum Gasteiger partial charge on any atom is -0.394 e. The molecule has 0 aromatic heterocycles. The number of hydrogen-bond donors (Lipinski definition) is 3. The molecule has 122 valence electrons. The van der Waals surface area contributed by atoms with Gasteiger partial charge in [0.15, 0.2) is 0 Å². The van der Waals surface area contributed by atoms with Crippen LogP contribution in [-0.4, -0.2) is 47.5 Å². The molecule has 1 aliphatic rings. The van der Waals surface area contributed by atoms with Crippen LogP contribution in [-0.2, 0) is 0 Å². The normalized spacial score (nSPS) is 17.3. The summed E-state index contributed by atoms with van der Waals surface area (Å²) in [6.07, 6.45) is 1.20. The minimum absolute atomic E-state index is 0.0676. The monoisotopic (exact) mass is 309 g/mol. The Morgan fingerprint density at radius 2 is 2.14 bits per heavy atom. The van der Waals surface area contributed by atoms with Gasteiger partial charge in [-0.1, -0.05) is 6.92 Å². The van der Waals surface area contributed by atoms with Crippen molar-refractivity contribution in [3.63, 3.8) is 0 Å². The summed E-state index contributed by atoms with van der Waals surface area (Å²) >= 11 is 0. The van der Waals surface area contributed by atoms with Gasteiger partial charge in [-0.15, -0.1) is 0 Å². The number of piperidine rings is 1. The van der Waals surface area contributed by atoms with Crippen LogP contribution in [0.2, 0.25) is 0 Å². The van der Waals surface area contributed by atoms with Gasteiger partial charge in [-0.3, -0.25) is 10.1 Å². The van der Waals surface area contributed by atoms with E-state index in [-0.39, 0.29) is 23.8 Å². The molecule has 7 heteroatoms. The van der Waals surface area contributed by atoms with Crippen molar-refractivity contribution >= 4 is 17.1 Å². The second-order valence-electron chi connectivity index (χ2n) is 5.85. The summed E-state index contributed by atoms with van der Waals surface area (Å²) in [5, 5.41) is 32.3. The Labute approximate surface area is 129 Å². The van der Waals surface area contributed by atoms with Gasteiger partial charge in [0.1, 0.15) is 5.69 Å². The first-order chi connectivity index (χ1) is 10.5. The van der Waals surface area contributed by atoms with Crippen molar-refractivity contribution < 1.29 is 15.1 Å². The first-order valence-corrected chi connectivity index (χ1v) is 7.57. The number of benzene rings is 1. The molecule has 3 N–H and O–H groups in total. The van der Waals surface area contributed by atoms with E-state index >= 15 is 0 Å². The maximum Gasteiger partial charge on any atom is 0.294 e. The maximum atomic E-state index is 11.3. The molecule has 1 atom stereocenters. The lowest BCUT2D eigenvalue weighted by Crippen LogP contribution is -2.33. The van der Waals surface area contributed by atoms with E-state index in [1.807, 2.05) is 0 Å². The molecule has 1 saturated heterocycles. The fourth-order valence-electron chi connectivity index (χ4n) is 2.60. The van der Waals surface area contributed by atoms with Gasteiger partial charge in [0.25, 0.3) is 5.69 Å². The predicted octanol–water partition coefficient (Wildman–Crippen LogP) is 1.60. The molecule has 1 aliphatic heterocycles. The Balaban J connectivity index is 2.15. The molecule has 22 heavy (non-hydrogen) atoms. The SMILES string of the molecule is CC1CCN(c2ccc(NCC(O)CO)cc2[N+](=O)[O-])CC1. The number of rotatable bonds is 6. The van der Waals surface area contributed by atoms with E-state index in [4.69, 9.17) is 5.11 Å². The molecule has 1 aromatic rings. The zero-order valence-electron chi connectivity index (χ0n) is 12.7. The van der Waals surface area contributed by atoms with Crippen LogP contribution in [0.25, 0.3) is 0 Å². The molecule has 0 spiro atoms. The smallest absolute Gasteiger partial charge is 0.294 e. The molecular formula is C15H23N3O4. The van der Waals surface area contributed by atoms with Crippen LogP contribution in [0.4, 0.5) is 17.1 Å². The Morgan fingerprint density at radius 1 is 1.45 bits per heavy atom. The molecule has 0 radical (unpaired) electrons. The highest BCUT2D eigenvalue weighted by molar-refractivity contribution is 5.69. The lowest BCUT2D eigenvalue weighted by Gasteiger charge is -2.31. The molecule has 0 saturated carbocycles. The summed E-state index contributed by atoms with van der Waals surface area (Å²) in [6.45, 7) is 3.66. The third-order valence-electron chi connectivity index (χ3n) is 4.05. The van der Waals surface area contributed by atoms with Crippen LogP contribution in [0.5, 0.6) is 0 Å². The van der Waals surface area contributed by atoms with Gasteiger partial charge in [-0.2, -0.15) is 0 Å². The van der Waals surface area contributed by atoms with Crippen LogP contribution in [0.15, 0.2) is 18.2 Å². The van der Waals surface area contributed by atoms with Gasteiger partial charge in [0.2, 0.25) is 0 Å². The van der Waals surface area contributed by atoms with E-state index in [1.165, 1.54) is 6.07 Å². The molecular weight excluding hydrogens is 286 g/mol. The quantitative estimate of drug-likeness (QED) is 0.545. The van der Waals surface area contributed by atoms with Crippen LogP contribution < -0.4 is 10.2 Å². The highest BCUT2D eigenvalue weighted by atomic mass is 16.6. The summed E-state index contributed by atoms with van der Waals surface area (Å²) in [5.41, 5.74) is 1.27. The van der Waals surface area contributed by atoms with E-state index in [0.717, 1.165) is 25.9 Å². The number of nitro groups is 1. The van der Waals surface area contributed by atoms with Crippen molar-refractivity contribution in [2.75, 3.05) is 36.5 Å². The Morgan fingerprint density at radius 3 is 2.73 bits per heavy atom. The largest absolute Gasteiger partial charge is 0.394 e. The number of aliphatic hydroxyl groups excluding tert-OH is 2. The van der Waals surface area contributed by atoms with Crippen LogP contribution in [0, 0.1) is 16.0 Å². The van der Waals surface area contributed by atoms with Crippen molar-refractivity contribution in [2.24, 2.45) is 5.92 Å². The summed E-state index contributed by atoms with van der Waals surface area (Å²) in [5.74, 6) is 0.663. The molecule has 1 aromatic carbocycles. The summed E-state index contributed by atoms with van der Waals surface area (Å²) in [7, 11) is 0. The molecule has 1 fully saturated rings. The molecule has 1 heterocycles. The van der Waals surface area contributed by atoms with Crippen molar-refractivity contribution in [3.05, 3.63) is 28.3 Å². The van der Waals surface area contributed by atoms with E-state index < -0.39 is 6.10 Å². The summed E-state index contributed by atoms with van der Waals surface area (Å²) < 4.78 is 0. The Kier molecular flexibility index (Phi) is 5.57. The standard InChI is InChI=1S/C15H23N3O4/c1-11-4-6-17(7-5-11)14-3-2-12(8-15(14)18(21)22)16-9-13(20)10-19/h2-3,8,11,13,16,19-20H,4-7,9-10H2,1H3. The number of aliphatic hydroxyl groups is 2. The Bertz CT molecular complexity index is 516. The lowest BCUT2D eigenvalue weighted by atomic mass is 9.98. The van der Waals surface area contributed by atoms with Crippen LogP contribution in [0.3, 0.4) is 0 Å². The molecule has 0 bridgehead atoms. The zero-order chi connectivity index (χ0) is 16.1. The van der Waals surface area contributed by atoms with E-state index in [9.17, 15) is 15.2 Å². The average Bonchev–Trinajstić information content (AvgIpc) is 2.53. The van der Waals surface area contributed by atoms with Crippen molar-refractivity contribution in [3.8, 4) is 0 Å². The number of anilines is 2. The summed E-state index contributed by atoms with van der Waals surface area (Å²) in [4.78, 5) is 13.0. The fraction of sp³-hybridized carbons (Fsp3) is 0.600. The van der Waals surface area contributed by atoms with Gasteiger partial charge >= 0.3 is 0 Å². The third-order valence-corrected chi connectivity index (χ3v) is 4.05. The topological polar surface area (TPSA) is 98.9 Å². The van der Waals surface area contributed by atoms with Gasteiger partial charge in [-0.05, 0) is 30.9 Å². The highest BCUT2D eigenvalue weighted by Gasteiger charge is 2.23. The van der Waals surface area contributed by atoms with Crippen molar-refractivity contribution in [1.29, 1.82) is 0 Å². The molecule has 2 rings (SSSR count). The maximum absolute atomic E-state index is 11.3. The number of nitro benzene ring substituents is 1. The van der Waals surface area contributed by atoms with E-state index in [0.29, 0.717) is 17.3 Å². The average molecular weight is 309 g/mol. The first kappa shape index (κ1) is 16.5. The molecule has 0 amide bonds. The van der Waals surface area contributed by atoms with Gasteiger partial charge in [-0.25, -0.2) is 0 Å². The van der Waals surface area contributed by atoms with Crippen LogP contribution in [0.1, 0.15) is 19.8 Å². The van der Waals surface area contributed by atoms with Crippen molar-refractivity contribution in [2.45, 2.75) is 25.9 Å². The number of nitrogens with one attached hydrogen (secondary N) is 1. The summed E-state index contributed by atoms with van der Waals surface area (Å²) in [6, 6.07) is 5.00. The third kappa shape index (κ3) is 4.08. The van der Waals surface area contributed by atoms with Gasteiger partial charge in [0.05, 0.1) is 17.6 Å². The molecule has 1 unspecified atom stereocenters. The second kappa shape index (κ2) is 7.42. The van der Waals surface area contributed by atoms with E-state index in [2.05, 4.69) is 17.1 Å². The minimum atomic E-state index is -0.887.